The summed E-state index contributed by atoms with van der Waals surface area (Å²) in [5, 5.41) is 8.76. The predicted octanol–water partition coefficient (Wildman–Crippen LogP) is 3.15. The Balaban J connectivity index is 2.49. The highest BCUT2D eigenvalue weighted by atomic mass is 35.5. The molecule has 0 bridgehead atoms. The summed E-state index contributed by atoms with van der Waals surface area (Å²) < 4.78 is 38.0. The average Bonchev–Trinajstić information content (AvgIpc) is 2.44. The van der Waals surface area contributed by atoms with Gasteiger partial charge in [0.2, 0.25) is 0 Å². The van der Waals surface area contributed by atoms with E-state index in [9.17, 15) is 17.6 Å². The van der Waals surface area contributed by atoms with Gasteiger partial charge in [-0.25, -0.2) is 17.6 Å². The monoisotopic (exact) mass is 328 g/mol. The molecule has 1 N–H and O–H groups in total. The number of hydrogen-bond donors (Lipinski definition) is 1. The van der Waals surface area contributed by atoms with E-state index in [1.54, 1.807) is 0 Å². The third-order valence-electron chi connectivity index (χ3n) is 2.83. The molecule has 2 aromatic carbocycles. The van der Waals surface area contributed by atoms with Crippen LogP contribution in [-0.4, -0.2) is 19.5 Å². The minimum absolute atomic E-state index is 0.0804. The molecule has 0 fully saturated rings. The lowest BCUT2D eigenvalue weighted by molar-refractivity contribution is 0.0692. The molecule has 0 saturated carbocycles. The fourth-order valence-electron chi connectivity index (χ4n) is 1.86. The largest absolute Gasteiger partial charge is 0.478 e. The lowest BCUT2D eigenvalue weighted by Crippen LogP contribution is -2.11. The Morgan fingerprint density at radius 1 is 1.14 bits per heavy atom. The second-order valence-electron chi connectivity index (χ2n) is 4.27. The Labute approximate surface area is 125 Å². The van der Waals surface area contributed by atoms with Crippen LogP contribution in [0.5, 0.6) is 0 Å². The molecule has 0 aliphatic carbocycles. The molecule has 0 unspecified atom stereocenters. The molecule has 21 heavy (non-hydrogen) atoms. The maximum atomic E-state index is 13.3. The van der Waals surface area contributed by atoms with Crippen molar-refractivity contribution >= 4 is 27.4 Å². The van der Waals surface area contributed by atoms with Gasteiger partial charge in [-0.3, -0.25) is 0 Å². The normalized spacial score (nSPS) is 11.3. The van der Waals surface area contributed by atoms with E-state index in [4.69, 9.17) is 16.7 Å². The van der Waals surface area contributed by atoms with Crippen molar-refractivity contribution in [3.8, 4) is 0 Å². The quantitative estimate of drug-likeness (QED) is 0.935. The molecular weight excluding hydrogens is 319 g/mol. The van der Waals surface area contributed by atoms with Crippen LogP contribution in [0.15, 0.2) is 47.4 Å². The van der Waals surface area contributed by atoms with Crippen LogP contribution >= 0.6 is 11.6 Å². The summed E-state index contributed by atoms with van der Waals surface area (Å²) in [7, 11) is -3.96. The Hall–Kier alpha value is -1.92. The Kier molecular flexibility index (Phi) is 4.29. The first kappa shape index (κ1) is 15.5. The third kappa shape index (κ3) is 3.22. The third-order valence-corrected chi connectivity index (χ3v) is 4.97. The highest BCUT2D eigenvalue weighted by Crippen LogP contribution is 2.26. The number of carboxylic acid groups (broad SMARTS) is 1. The van der Waals surface area contributed by atoms with Crippen molar-refractivity contribution in [2.45, 2.75) is 10.6 Å². The van der Waals surface area contributed by atoms with Gasteiger partial charge >= 0.3 is 5.97 Å². The molecule has 0 radical (unpaired) electrons. The van der Waals surface area contributed by atoms with Crippen LogP contribution in [0.2, 0.25) is 5.02 Å². The molecule has 0 aliphatic rings. The zero-order chi connectivity index (χ0) is 15.6. The zero-order valence-electron chi connectivity index (χ0n) is 10.6. The van der Waals surface area contributed by atoms with Crippen molar-refractivity contribution in [1.29, 1.82) is 0 Å². The molecule has 7 heteroatoms. The van der Waals surface area contributed by atoms with Crippen molar-refractivity contribution in [3.63, 3.8) is 0 Å². The van der Waals surface area contributed by atoms with Crippen LogP contribution in [0, 0.1) is 5.82 Å². The van der Waals surface area contributed by atoms with Gasteiger partial charge in [0, 0.05) is 0 Å². The molecule has 0 heterocycles. The summed E-state index contributed by atoms with van der Waals surface area (Å²) in [5.74, 6) is -2.65. The van der Waals surface area contributed by atoms with Crippen molar-refractivity contribution in [1.82, 2.24) is 0 Å². The summed E-state index contributed by atoms with van der Waals surface area (Å²) in [6, 6.07) is 9.09. The number of carboxylic acids is 1. The SMILES string of the molecule is O=C(O)c1ccccc1S(=O)(=O)Cc1cccc(F)c1Cl. The van der Waals surface area contributed by atoms with Gasteiger partial charge in [-0.1, -0.05) is 35.9 Å². The second kappa shape index (κ2) is 5.83. The van der Waals surface area contributed by atoms with Crippen LogP contribution in [0.1, 0.15) is 15.9 Å². The van der Waals surface area contributed by atoms with Crippen LogP contribution in [0.4, 0.5) is 4.39 Å². The Bertz CT molecular complexity index is 802. The molecule has 110 valence electrons. The number of benzene rings is 2. The standard InChI is InChI=1S/C14H10ClFO4S/c15-13-9(4-3-6-11(13)16)8-21(19,20)12-7-2-1-5-10(12)14(17)18/h1-7H,8H2,(H,17,18). The number of rotatable bonds is 4. The fourth-order valence-corrected chi connectivity index (χ4v) is 3.71. The minimum atomic E-state index is -3.96. The Morgan fingerprint density at radius 2 is 1.81 bits per heavy atom. The Morgan fingerprint density at radius 3 is 2.48 bits per heavy atom. The van der Waals surface area contributed by atoms with E-state index in [-0.39, 0.29) is 21.0 Å². The van der Waals surface area contributed by atoms with Gasteiger partial charge in [-0.2, -0.15) is 0 Å². The van der Waals surface area contributed by atoms with Gasteiger partial charge in [0.15, 0.2) is 9.84 Å². The molecule has 4 nitrogen and oxygen atoms in total. The summed E-state index contributed by atoms with van der Waals surface area (Å²) in [6.07, 6.45) is 0. The molecule has 0 saturated heterocycles. The van der Waals surface area contributed by atoms with Crippen LogP contribution < -0.4 is 0 Å². The summed E-state index contributed by atoms with van der Waals surface area (Å²) in [4.78, 5) is 10.8. The van der Waals surface area contributed by atoms with E-state index in [0.717, 1.165) is 6.07 Å². The lowest BCUT2D eigenvalue weighted by Gasteiger charge is -2.09. The summed E-state index contributed by atoms with van der Waals surface area (Å²) >= 11 is 5.73. The second-order valence-corrected chi connectivity index (χ2v) is 6.61. The maximum Gasteiger partial charge on any atom is 0.337 e. The van der Waals surface area contributed by atoms with Crippen molar-refractivity contribution in [2.75, 3.05) is 0 Å². The minimum Gasteiger partial charge on any atom is -0.478 e. The molecular formula is C14H10ClFO4S. The number of aromatic carboxylic acids is 1. The van der Waals surface area contributed by atoms with Crippen molar-refractivity contribution in [3.05, 3.63) is 64.4 Å². The number of hydrogen-bond acceptors (Lipinski definition) is 3. The average molecular weight is 329 g/mol. The smallest absolute Gasteiger partial charge is 0.337 e. The topological polar surface area (TPSA) is 71.4 Å². The van der Waals surface area contributed by atoms with Gasteiger partial charge in [-0.15, -0.1) is 0 Å². The number of halogens is 2. The zero-order valence-corrected chi connectivity index (χ0v) is 12.2. The fraction of sp³-hybridized carbons (Fsp3) is 0.0714. The van der Waals surface area contributed by atoms with E-state index in [2.05, 4.69) is 0 Å². The highest BCUT2D eigenvalue weighted by molar-refractivity contribution is 7.90. The summed E-state index contributed by atoms with van der Waals surface area (Å²) in [6.45, 7) is 0. The van der Waals surface area contributed by atoms with E-state index in [1.807, 2.05) is 0 Å². The maximum absolute atomic E-state index is 13.3. The van der Waals surface area contributed by atoms with E-state index >= 15 is 0 Å². The highest BCUT2D eigenvalue weighted by Gasteiger charge is 2.23. The van der Waals surface area contributed by atoms with Crippen molar-refractivity contribution < 1.29 is 22.7 Å². The van der Waals surface area contributed by atoms with E-state index in [0.29, 0.717) is 0 Å². The van der Waals surface area contributed by atoms with Crippen LogP contribution in [-0.2, 0) is 15.6 Å². The first-order valence-electron chi connectivity index (χ1n) is 5.81. The van der Waals surface area contributed by atoms with Gasteiger partial charge < -0.3 is 5.11 Å². The predicted molar refractivity (Wildman–Crippen MR) is 75.7 cm³/mol. The molecule has 0 amide bonds. The first-order chi connectivity index (χ1) is 9.83. The van der Waals surface area contributed by atoms with E-state index < -0.39 is 27.4 Å². The van der Waals surface area contributed by atoms with Crippen LogP contribution in [0.3, 0.4) is 0 Å². The summed E-state index contributed by atoms with van der Waals surface area (Å²) in [5.41, 5.74) is -0.248. The van der Waals surface area contributed by atoms with Crippen molar-refractivity contribution in [2.24, 2.45) is 0 Å². The van der Waals surface area contributed by atoms with Gasteiger partial charge in [0.1, 0.15) is 5.82 Å². The number of sulfone groups is 1. The molecule has 0 aliphatic heterocycles. The van der Waals surface area contributed by atoms with Gasteiger partial charge in [0.05, 0.1) is 21.2 Å². The van der Waals surface area contributed by atoms with E-state index in [1.165, 1.54) is 36.4 Å². The van der Waals surface area contributed by atoms with Gasteiger partial charge in [0.25, 0.3) is 0 Å². The van der Waals surface area contributed by atoms with Gasteiger partial charge in [-0.05, 0) is 23.8 Å². The van der Waals surface area contributed by atoms with Crippen LogP contribution in [0.25, 0.3) is 0 Å². The first-order valence-corrected chi connectivity index (χ1v) is 7.84. The molecule has 0 aromatic heterocycles. The molecule has 0 atom stereocenters. The number of carbonyl (C=O) groups is 1. The lowest BCUT2D eigenvalue weighted by atomic mass is 10.2. The molecule has 2 aromatic rings. The molecule has 0 spiro atoms. The molecule has 2 rings (SSSR count).